The Morgan fingerprint density at radius 3 is 1.55 bits per heavy atom. The summed E-state index contributed by atoms with van der Waals surface area (Å²) in [5, 5.41) is 4.46. The molecule has 0 N–H and O–H groups in total. The lowest BCUT2D eigenvalue weighted by atomic mass is 9.34. The number of anilines is 5. The molecule has 0 amide bonds. The Labute approximate surface area is 477 Å². The van der Waals surface area contributed by atoms with Gasteiger partial charge < -0.3 is 28.1 Å². The highest BCUT2D eigenvalue weighted by atomic mass is 16.5. The molecule has 2 unspecified atom stereocenters. The fraction of sp³-hybridized carbons (Fsp3) is 0.147. The lowest BCUT2D eigenvalue weighted by Crippen LogP contribution is -2.57. The minimum Gasteiger partial charge on any atom is -0.458 e. The highest BCUT2D eigenvalue weighted by Gasteiger charge is 2.46. The first-order valence-corrected chi connectivity index (χ1v) is 28.9. The summed E-state index contributed by atoms with van der Waals surface area (Å²) in [6.45, 7) is 16.1. The molecular weight excluding hydrogens is 1000 g/mol. The van der Waals surface area contributed by atoms with Crippen molar-refractivity contribution in [2.75, 3.05) is 9.80 Å². The standard InChI is InChI=1S/C75H57BN2O4/c1-42-25-28-45(29-26-42)77(63-19-12-17-52-50-15-8-10-21-65(50)81-72(52)63)46-30-32-48-54-38-69-60(40-58(54)74(4,5)56(48)36-46)76-61-41-59-55(39-70(61)80-68-24-14-23-67(79-69)71(68)76)49-33-31-47(37-57(49)75(59,6)7)78(62-34-27-43(2)35-44(62)3)64-20-13-18-53-51-16-9-11-22-66(51)82-73(53)64/h8-41,44,62H,1-7H3. The van der Waals surface area contributed by atoms with Crippen molar-refractivity contribution >= 4 is 95.4 Å². The number of rotatable bonds is 6. The normalized spacial score (nSPS) is 17.1. The Bertz CT molecular complexity index is 4840. The predicted octanol–water partition coefficient (Wildman–Crippen LogP) is 18.3. The topological polar surface area (TPSA) is 51.2 Å². The van der Waals surface area contributed by atoms with Crippen molar-refractivity contribution in [1.82, 2.24) is 0 Å². The van der Waals surface area contributed by atoms with Crippen molar-refractivity contribution in [1.29, 1.82) is 0 Å². The zero-order valence-corrected chi connectivity index (χ0v) is 46.9. The van der Waals surface area contributed by atoms with Crippen LogP contribution in [0.4, 0.5) is 28.4 Å². The van der Waals surface area contributed by atoms with Gasteiger partial charge in [0.05, 0.1) is 17.4 Å². The zero-order chi connectivity index (χ0) is 55.1. The van der Waals surface area contributed by atoms with Gasteiger partial charge >= 0.3 is 0 Å². The van der Waals surface area contributed by atoms with E-state index in [1.54, 1.807) is 0 Å². The minimum absolute atomic E-state index is 0.0630. The molecule has 0 bridgehead atoms. The number of para-hydroxylation sites is 4. The van der Waals surface area contributed by atoms with Gasteiger partial charge in [0.2, 0.25) is 0 Å². The maximum atomic E-state index is 7.05. The molecule has 5 aliphatic rings. The zero-order valence-electron chi connectivity index (χ0n) is 46.9. The molecule has 17 rings (SSSR count). The number of ether oxygens (including phenoxy) is 2. The van der Waals surface area contributed by atoms with Gasteiger partial charge in [-0.3, -0.25) is 0 Å². The highest BCUT2D eigenvalue weighted by Crippen LogP contribution is 2.55. The van der Waals surface area contributed by atoms with Gasteiger partial charge in [0.15, 0.2) is 11.2 Å². The van der Waals surface area contributed by atoms with Crippen LogP contribution in [0.5, 0.6) is 23.0 Å². The van der Waals surface area contributed by atoms with Gasteiger partial charge in [-0.05, 0) is 160 Å². The minimum atomic E-state index is -0.350. The second-order valence-electron chi connectivity index (χ2n) is 24.6. The molecule has 0 saturated heterocycles. The summed E-state index contributed by atoms with van der Waals surface area (Å²) in [5.74, 6) is 3.70. The van der Waals surface area contributed by atoms with Crippen molar-refractivity contribution in [2.45, 2.75) is 65.3 Å². The smallest absolute Gasteiger partial charge is 0.260 e. The van der Waals surface area contributed by atoms with Crippen LogP contribution in [0.25, 0.3) is 66.1 Å². The molecule has 7 heteroatoms. The number of hydrogen-bond donors (Lipinski definition) is 0. The van der Waals surface area contributed by atoms with E-state index in [1.165, 1.54) is 55.6 Å². The van der Waals surface area contributed by atoms with Crippen molar-refractivity contribution < 1.29 is 18.3 Å². The van der Waals surface area contributed by atoms with E-state index in [2.05, 4.69) is 258 Å². The first-order valence-electron chi connectivity index (χ1n) is 28.9. The Balaban J connectivity index is 0.777. The number of allylic oxidation sites excluding steroid dienone is 2. The fourth-order valence-corrected chi connectivity index (χ4v) is 14.9. The first kappa shape index (κ1) is 47.4. The summed E-state index contributed by atoms with van der Waals surface area (Å²) >= 11 is 0. The quantitative estimate of drug-likeness (QED) is 0.155. The largest absolute Gasteiger partial charge is 0.458 e. The van der Waals surface area contributed by atoms with Crippen molar-refractivity contribution in [3.05, 3.63) is 240 Å². The Hall–Kier alpha value is -9.46. The van der Waals surface area contributed by atoms with E-state index in [1.807, 2.05) is 6.07 Å². The molecule has 6 nitrogen and oxygen atoms in total. The van der Waals surface area contributed by atoms with Gasteiger partial charge in [0.1, 0.15) is 34.2 Å². The van der Waals surface area contributed by atoms with E-state index in [-0.39, 0.29) is 29.5 Å². The van der Waals surface area contributed by atoms with Gasteiger partial charge in [0, 0.05) is 54.9 Å². The Morgan fingerprint density at radius 2 is 0.951 bits per heavy atom. The van der Waals surface area contributed by atoms with Crippen molar-refractivity contribution in [2.24, 2.45) is 5.92 Å². The summed E-state index contributed by atoms with van der Waals surface area (Å²) in [6, 6.07) is 68.6. The van der Waals surface area contributed by atoms with Crippen LogP contribution in [0.1, 0.15) is 69.4 Å². The molecule has 3 aliphatic carbocycles. The summed E-state index contributed by atoms with van der Waals surface area (Å²) in [7, 11) is 0. The lowest BCUT2D eigenvalue weighted by Gasteiger charge is -2.37. The molecule has 2 atom stereocenters. The molecule has 2 aromatic heterocycles. The van der Waals surface area contributed by atoms with Crippen LogP contribution in [-0.4, -0.2) is 12.8 Å². The molecule has 0 fully saturated rings. The van der Waals surface area contributed by atoms with E-state index >= 15 is 0 Å². The summed E-state index contributed by atoms with van der Waals surface area (Å²) in [4.78, 5) is 4.88. The third-order valence-corrected chi connectivity index (χ3v) is 19.0. The molecule has 0 radical (unpaired) electrons. The Morgan fingerprint density at radius 1 is 0.451 bits per heavy atom. The van der Waals surface area contributed by atoms with Crippen LogP contribution in [0.2, 0.25) is 0 Å². The van der Waals surface area contributed by atoms with Crippen LogP contribution in [0.3, 0.4) is 0 Å². The van der Waals surface area contributed by atoms with Crippen LogP contribution in [-0.2, 0) is 10.8 Å². The van der Waals surface area contributed by atoms with E-state index in [9.17, 15) is 0 Å². The number of fused-ring (bicyclic) bond motifs is 16. The molecular formula is C75H57BN2O4. The molecule has 0 saturated carbocycles. The van der Waals surface area contributed by atoms with Crippen molar-refractivity contribution in [3.8, 4) is 45.3 Å². The third kappa shape index (κ3) is 6.59. The van der Waals surface area contributed by atoms with E-state index in [0.29, 0.717) is 0 Å². The average Bonchev–Trinajstić information content (AvgIpc) is 2.65. The van der Waals surface area contributed by atoms with Gasteiger partial charge in [-0.1, -0.05) is 167 Å². The van der Waals surface area contributed by atoms with Crippen LogP contribution < -0.4 is 35.7 Å². The van der Waals surface area contributed by atoms with Gasteiger partial charge in [-0.15, -0.1) is 0 Å². The number of hydrogen-bond acceptors (Lipinski definition) is 6. The molecule has 4 heterocycles. The number of nitrogens with zero attached hydrogens (tertiary/aromatic N) is 2. The van der Waals surface area contributed by atoms with E-state index in [0.717, 1.165) is 112 Å². The highest BCUT2D eigenvalue weighted by molar-refractivity contribution is 6.98. The molecule has 10 aromatic carbocycles. The first-order chi connectivity index (χ1) is 39.9. The molecule has 394 valence electrons. The lowest BCUT2D eigenvalue weighted by molar-refractivity contribution is 0.464. The SMILES string of the molecule is CC1=CC(C)C(N(c2ccc3c(c2)C(C)(C)c2cc4c(cc2-3)Oc2cccc3c2B4c2cc4c(cc2O3)-c2ccc(N(c3ccc(C)cc3)c3cccc5c3oc3ccccc35)cc2C4(C)C)c2cccc3c2oc2ccccc23)C=C1. The maximum absolute atomic E-state index is 7.05. The number of benzene rings is 10. The number of furan rings is 2. The van der Waals surface area contributed by atoms with E-state index in [4.69, 9.17) is 18.3 Å². The second kappa shape index (κ2) is 16.8. The van der Waals surface area contributed by atoms with Crippen molar-refractivity contribution in [3.63, 3.8) is 0 Å². The summed E-state index contributed by atoms with van der Waals surface area (Å²) < 4.78 is 27.6. The molecule has 0 spiro atoms. The van der Waals surface area contributed by atoms with Crippen LogP contribution in [0, 0.1) is 12.8 Å². The monoisotopic (exact) mass is 1060 g/mol. The summed E-state index contributed by atoms with van der Waals surface area (Å²) in [6.07, 6.45) is 7.03. The third-order valence-electron chi connectivity index (χ3n) is 19.0. The van der Waals surface area contributed by atoms with Gasteiger partial charge in [-0.25, -0.2) is 0 Å². The number of aryl methyl sites for hydroxylation is 1. The fourth-order valence-electron chi connectivity index (χ4n) is 14.9. The predicted molar refractivity (Wildman–Crippen MR) is 338 cm³/mol. The summed E-state index contributed by atoms with van der Waals surface area (Å²) in [5.41, 5.74) is 24.1. The molecule has 12 aromatic rings. The Kier molecular flexibility index (Phi) is 9.71. The van der Waals surface area contributed by atoms with Crippen LogP contribution >= 0.6 is 0 Å². The van der Waals surface area contributed by atoms with Gasteiger partial charge in [0.25, 0.3) is 6.71 Å². The average molecular weight is 1060 g/mol. The van der Waals surface area contributed by atoms with E-state index < -0.39 is 0 Å². The van der Waals surface area contributed by atoms with Gasteiger partial charge in [-0.2, -0.15) is 0 Å². The van der Waals surface area contributed by atoms with Crippen LogP contribution in [0.15, 0.2) is 221 Å². The molecule has 82 heavy (non-hydrogen) atoms. The second-order valence-corrected chi connectivity index (χ2v) is 24.6. The maximum Gasteiger partial charge on any atom is 0.260 e. The molecule has 2 aliphatic heterocycles.